The van der Waals surface area contributed by atoms with Crippen molar-refractivity contribution in [3.8, 4) is 5.75 Å². The summed E-state index contributed by atoms with van der Waals surface area (Å²) in [5.41, 5.74) is 3.13. The number of hydrogen-bond donors (Lipinski definition) is 0. The molecule has 4 heteroatoms. The summed E-state index contributed by atoms with van der Waals surface area (Å²) in [5, 5.41) is 1.68. The van der Waals surface area contributed by atoms with Crippen LogP contribution in [0.15, 0.2) is 52.8 Å². The Hall–Kier alpha value is -1.91. The van der Waals surface area contributed by atoms with Crippen LogP contribution in [0.25, 0.3) is 6.08 Å². The van der Waals surface area contributed by atoms with E-state index in [-0.39, 0.29) is 6.79 Å². The summed E-state index contributed by atoms with van der Waals surface area (Å²) in [7, 11) is 0.402. The summed E-state index contributed by atoms with van der Waals surface area (Å²) in [5.74, 6) is 0.721. The number of ether oxygens (including phenoxy) is 2. The fraction of sp³-hybridized carbons (Fsp3) is 0.222. The van der Waals surface area contributed by atoms with Crippen LogP contribution in [-0.4, -0.2) is 18.1 Å². The summed E-state index contributed by atoms with van der Waals surface area (Å²) in [6.45, 7) is 4.19. The average Bonchev–Trinajstić information content (AvgIpc) is 2.52. The Labute approximate surface area is 134 Å². The Morgan fingerprint density at radius 2 is 1.73 bits per heavy atom. The molecule has 0 aliphatic heterocycles. The molecule has 0 amide bonds. The van der Waals surface area contributed by atoms with Crippen molar-refractivity contribution in [3.63, 3.8) is 0 Å². The van der Waals surface area contributed by atoms with Gasteiger partial charge in [-0.05, 0) is 43.7 Å². The van der Waals surface area contributed by atoms with Gasteiger partial charge in [0, 0.05) is 23.0 Å². The first-order chi connectivity index (χ1) is 10.6. The van der Waals surface area contributed by atoms with Gasteiger partial charge in [-0.1, -0.05) is 29.8 Å². The van der Waals surface area contributed by atoms with Crippen LogP contribution in [0.2, 0.25) is 0 Å². The zero-order valence-corrected chi connectivity index (χ0v) is 13.9. The summed E-state index contributed by atoms with van der Waals surface area (Å²) in [4.78, 5) is 0.785. The molecule has 116 valence electrons. The molecule has 0 heterocycles. The number of benzene rings is 2. The lowest BCUT2D eigenvalue weighted by atomic mass is 10.1. The largest absolute Gasteiger partial charge is 0.467 e. The van der Waals surface area contributed by atoms with E-state index in [1.807, 2.05) is 62.4 Å². The maximum Gasteiger partial charge on any atom is 0.188 e. The maximum absolute atomic E-state index is 12.3. The number of methoxy groups -OCH3 is 1. The summed E-state index contributed by atoms with van der Waals surface area (Å²) in [6.07, 6.45) is 1.82. The molecule has 3 nitrogen and oxygen atoms in total. The van der Waals surface area contributed by atoms with Gasteiger partial charge in [0.1, 0.15) is 5.75 Å². The maximum atomic E-state index is 12.3. The van der Waals surface area contributed by atoms with E-state index in [1.54, 1.807) is 12.5 Å². The quantitative estimate of drug-likeness (QED) is 0.754. The van der Waals surface area contributed by atoms with E-state index < -0.39 is 10.8 Å². The van der Waals surface area contributed by atoms with Crippen LogP contribution in [-0.2, 0) is 15.5 Å². The van der Waals surface area contributed by atoms with Crippen LogP contribution in [0.5, 0.6) is 5.75 Å². The van der Waals surface area contributed by atoms with E-state index in [4.69, 9.17) is 9.47 Å². The molecule has 2 aromatic rings. The molecule has 22 heavy (non-hydrogen) atoms. The summed E-state index contributed by atoms with van der Waals surface area (Å²) in [6, 6.07) is 13.6. The highest BCUT2D eigenvalue weighted by atomic mass is 32.2. The zero-order valence-electron chi connectivity index (χ0n) is 13.0. The van der Waals surface area contributed by atoms with E-state index >= 15 is 0 Å². The molecule has 0 radical (unpaired) electrons. The van der Waals surface area contributed by atoms with Gasteiger partial charge in [-0.3, -0.25) is 0 Å². The average molecular weight is 316 g/mol. The Morgan fingerprint density at radius 3 is 2.41 bits per heavy atom. The standard InChI is InChI=1S/C18H20O3S/c1-14-5-8-17(9-6-14)22(19)11-10-16-7-4-15(2)12-18(16)21-13-20-3/h4-12H,13H2,1-3H3/b11-10+/t22-/m1/s1. The van der Waals surface area contributed by atoms with E-state index in [2.05, 4.69) is 0 Å². The van der Waals surface area contributed by atoms with Gasteiger partial charge in [0.2, 0.25) is 0 Å². The van der Waals surface area contributed by atoms with Crippen molar-refractivity contribution in [2.45, 2.75) is 18.7 Å². The zero-order chi connectivity index (χ0) is 15.9. The third-order valence-corrected chi connectivity index (χ3v) is 4.25. The van der Waals surface area contributed by atoms with Crippen molar-refractivity contribution in [1.29, 1.82) is 0 Å². The molecule has 0 saturated carbocycles. The molecule has 2 rings (SSSR count). The highest BCUT2D eigenvalue weighted by Gasteiger charge is 2.03. The van der Waals surface area contributed by atoms with Gasteiger partial charge in [-0.15, -0.1) is 0 Å². The number of aryl methyl sites for hydroxylation is 2. The normalized spacial score (nSPS) is 12.5. The van der Waals surface area contributed by atoms with Crippen LogP contribution in [0, 0.1) is 13.8 Å². The first-order valence-electron chi connectivity index (χ1n) is 6.98. The van der Waals surface area contributed by atoms with Gasteiger partial charge >= 0.3 is 0 Å². The van der Waals surface area contributed by atoms with Crippen LogP contribution >= 0.6 is 0 Å². The predicted octanol–water partition coefficient (Wildman–Crippen LogP) is 4.06. The fourth-order valence-corrected chi connectivity index (χ4v) is 2.74. The Bertz CT molecular complexity index is 675. The summed E-state index contributed by atoms with van der Waals surface area (Å²) < 4.78 is 22.8. The second-order valence-electron chi connectivity index (χ2n) is 5.01. The Kier molecular flexibility index (Phi) is 5.92. The molecular formula is C18H20O3S. The molecular weight excluding hydrogens is 296 g/mol. The van der Waals surface area contributed by atoms with E-state index in [0.717, 1.165) is 27.3 Å². The molecule has 0 saturated heterocycles. The minimum atomic E-state index is -1.18. The highest BCUT2D eigenvalue weighted by molar-refractivity contribution is 7.88. The molecule has 0 aromatic heterocycles. The monoisotopic (exact) mass is 316 g/mol. The molecule has 0 aliphatic carbocycles. The van der Waals surface area contributed by atoms with Crippen molar-refractivity contribution >= 4 is 16.9 Å². The van der Waals surface area contributed by atoms with Crippen LogP contribution in [0.1, 0.15) is 16.7 Å². The molecule has 0 aliphatic rings. The second-order valence-corrected chi connectivity index (χ2v) is 6.34. The SMILES string of the molecule is COCOc1cc(C)ccc1/C=C/[S@@](=O)c1ccc(C)cc1. The van der Waals surface area contributed by atoms with Crippen molar-refractivity contribution in [2.75, 3.05) is 13.9 Å². The molecule has 0 fully saturated rings. The molecule has 0 bridgehead atoms. The van der Waals surface area contributed by atoms with Gasteiger partial charge in [0.25, 0.3) is 0 Å². The van der Waals surface area contributed by atoms with E-state index in [1.165, 1.54) is 0 Å². The minimum Gasteiger partial charge on any atom is -0.467 e. The molecule has 1 atom stereocenters. The topological polar surface area (TPSA) is 35.5 Å². The first kappa shape index (κ1) is 16.5. The molecule has 2 aromatic carbocycles. The van der Waals surface area contributed by atoms with Gasteiger partial charge in [0.15, 0.2) is 6.79 Å². The third kappa shape index (κ3) is 4.55. The van der Waals surface area contributed by atoms with E-state index in [0.29, 0.717) is 0 Å². The van der Waals surface area contributed by atoms with Crippen LogP contribution < -0.4 is 4.74 Å². The van der Waals surface area contributed by atoms with Crippen LogP contribution in [0.4, 0.5) is 0 Å². The Morgan fingerprint density at radius 1 is 1.05 bits per heavy atom. The number of hydrogen-bond acceptors (Lipinski definition) is 3. The van der Waals surface area contributed by atoms with Crippen molar-refractivity contribution in [2.24, 2.45) is 0 Å². The molecule has 0 N–H and O–H groups in total. The minimum absolute atomic E-state index is 0.186. The lowest BCUT2D eigenvalue weighted by molar-refractivity contribution is 0.0509. The fourth-order valence-electron chi connectivity index (χ4n) is 1.91. The smallest absolute Gasteiger partial charge is 0.188 e. The highest BCUT2D eigenvalue weighted by Crippen LogP contribution is 2.22. The third-order valence-electron chi connectivity index (χ3n) is 3.13. The molecule has 0 unspecified atom stereocenters. The van der Waals surface area contributed by atoms with Gasteiger partial charge in [-0.25, -0.2) is 4.21 Å². The molecule has 0 spiro atoms. The van der Waals surface area contributed by atoms with Crippen molar-refractivity contribution < 1.29 is 13.7 Å². The lowest BCUT2D eigenvalue weighted by Crippen LogP contribution is -2.00. The first-order valence-corrected chi connectivity index (χ1v) is 8.19. The van der Waals surface area contributed by atoms with Gasteiger partial charge in [-0.2, -0.15) is 0 Å². The van der Waals surface area contributed by atoms with Gasteiger partial charge in [0.05, 0.1) is 10.8 Å². The lowest BCUT2D eigenvalue weighted by Gasteiger charge is -2.09. The Balaban J connectivity index is 2.18. The van der Waals surface area contributed by atoms with Crippen LogP contribution in [0.3, 0.4) is 0 Å². The number of rotatable bonds is 6. The van der Waals surface area contributed by atoms with E-state index in [9.17, 15) is 4.21 Å². The predicted molar refractivity (Wildman–Crippen MR) is 90.3 cm³/mol. The second kappa shape index (κ2) is 7.92. The summed E-state index contributed by atoms with van der Waals surface area (Å²) >= 11 is 0. The van der Waals surface area contributed by atoms with Crippen molar-refractivity contribution in [1.82, 2.24) is 0 Å². The van der Waals surface area contributed by atoms with Crippen molar-refractivity contribution in [3.05, 3.63) is 64.6 Å². The van der Waals surface area contributed by atoms with Gasteiger partial charge < -0.3 is 9.47 Å².